The van der Waals surface area contributed by atoms with Gasteiger partial charge in [-0.15, -0.1) is 0 Å². The summed E-state index contributed by atoms with van der Waals surface area (Å²) in [5, 5.41) is 10.1. The van der Waals surface area contributed by atoms with E-state index in [1.807, 2.05) is 35.3 Å². The van der Waals surface area contributed by atoms with E-state index in [1.165, 1.54) is 6.33 Å². The molecule has 0 radical (unpaired) electrons. The van der Waals surface area contributed by atoms with Crippen molar-refractivity contribution in [3.05, 3.63) is 47.0 Å². The molecule has 24 heavy (non-hydrogen) atoms. The summed E-state index contributed by atoms with van der Waals surface area (Å²) in [4.78, 5) is 23.1. The first-order valence-corrected chi connectivity index (χ1v) is 7.94. The van der Waals surface area contributed by atoms with Crippen molar-refractivity contribution in [3.8, 4) is 0 Å². The highest BCUT2D eigenvalue weighted by molar-refractivity contribution is 5.88. The van der Waals surface area contributed by atoms with Crippen molar-refractivity contribution in [2.24, 2.45) is 0 Å². The Morgan fingerprint density at radius 2 is 1.79 bits per heavy atom. The first-order chi connectivity index (χ1) is 11.7. The number of H-pyrrole nitrogens is 2. The highest BCUT2D eigenvalue weighted by Crippen LogP contribution is 2.29. The molecule has 0 unspecified atom stereocenters. The van der Waals surface area contributed by atoms with Crippen LogP contribution in [-0.2, 0) is 0 Å². The van der Waals surface area contributed by atoms with Crippen LogP contribution in [0.2, 0.25) is 0 Å². The van der Waals surface area contributed by atoms with Gasteiger partial charge in [0.2, 0.25) is 0 Å². The Morgan fingerprint density at radius 3 is 2.54 bits per heavy atom. The quantitative estimate of drug-likeness (QED) is 0.746. The fourth-order valence-corrected chi connectivity index (χ4v) is 3.00. The minimum atomic E-state index is -0.212. The Bertz CT molecular complexity index is 880. The van der Waals surface area contributed by atoms with Gasteiger partial charge in [0.1, 0.15) is 11.7 Å². The maximum absolute atomic E-state index is 12.2. The van der Waals surface area contributed by atoms with Gasteiger partial charge in [-0.3, -0.25) is 20.0 Å². The topological polar surface area (TPSA) is 84.2 Å². The minimum absolute atomic E-state index is 0.212. The molecule has 3 heterocycles. The van der Waals surface area contributed by atoms with Crippen LogP contribution >= 0.6 is 0 Å². The van der Waals surface area contributed by atoms with Crippen LogP contribution in [0.5, 0.6) is 0 Å². The van der Waals surface area contributed by atoms with E-state index >= 15 is 0 Å². The van der Waals surface area contributed by atoms with Crippen molar-refractivity contribution in [2.75, 3.05) is 38.2 Å². The molecule has 124 valence electrons. The van der Waals surface area contributed by atoms with Crippen molar-refractivity contribution < 1.29 is 0 Å². The summed E-state index contributed by atoms with van der Waals surface area (Å²) in [6, 6.07) is 9.99. The van der Waals surface area contributed by atoms with E-state index in [1.54, 1.807) is 0 Å². The lowest BCUT2D eigenvalue weighted by Crippen LogP contribution is -2.51. The zero-order valence-corrected chi connectivity index (χ0v) is 13.4. The number of rotatable bonds is 3. The molecule has 0 spiro atoms. The number of fused-ring (bicyclic) bond motifs is 1. The van der Waals surface area contributed by atoms with E-state index in [-0.39, 0.29) is 5.56 Å². The molecule has 8 heteroatoms. The van der Waals surface area contributed by atoms with Crippen LogP contribution in [0.3, 0.4) is 0 Å². The number of nitrogens with one attached hydrogen (secondary N) is 2. The maximum Gasteiger partial charge on any atom is 0.277 e. The normalized spacial score (nSPS) is 16.5. The third-order valence-electron chi connectivity index (χ3n) is 4.31. The second-order valence-electron chi connectivity index (χ2n) is 5.90. The van der Waals surface area contributed by atoms with E-state index < -0.39 is 0 Å². The van der Waals surface area contributed by atoms with Crippen LogP contribution in [0.15, 0.2) is 41.5 Å². The van der Waals surface area contributed by atoms with Crippen LogP contribution in [0.25, 0.3) is 11.0 Å². The average molecular weight is 325 g/mol. The monoisotopic (exact) mass is 325 g/mol. The maximum atomic E-state index is 12.2. The molecular weight excluding hydrogens is 306 g/mol. The standard InChI is InChI=1S/C16H19N7O/c1-21-7-9-22(10-8-21)23(12-5-3-2-4-6-12)15-13-14(17-11-18-15)19-20-16(13)24/h2-6,11H,7-10H2,1H3,(H2,17,18,19,20,24). The van der Waals surface area contributed by atoms with Gasteiger partial charge in [0.05, 0.1) is 5.69 Å². The van der Waals surface area contributed by atoms with Gasteiger partial charge in [0.25, 0.3) is 5.56 Å². The number of aromatic amines is 2. The summed E-state index contributed by atoms with van der Waals surface area (Å²) in [6.07, 6.45) is 1.48. The Balaban J connectivity index is 1.86. The molecule has 1 aliphatic rings. The third-order valence-corrected chi connectivity index (χ3v) is 4.31. The molecule has 0 aliphatic carbocycles. The first-order valence-electron chi connectivity index (χ1n) is 7.94. The molecule has 0 bridgehead atoms. The van der Waals surface area contributed by atoms with Crippen molar-refractivity contribution in [1.29, 1.82) is 0 Å². The number of hydrazine groups is 1. The van der Waals surface area contributed by atoms with Gasteiger partial charge < -0.3 is 4.90 Å². The zero-order chi connectivity index (χ0) is 16.5. The molecule has 1 aliphatic heterocycles. The number of para-hydroxylation sites is 1. The largest absolute Gasteiger partial charge is 0.304 e. The van der Waals surface area contributed by atoms with Gasteiger partial charge in [0.15, 0.2) is 11.5 Å². The lowest BCUT2D eigenvalue weighted by atomic mass is 10.2. The van der Waals surface area contributed by atoms with E-state index in [2.05, 4.69) is 37.1 Å². The number of benzene rings is 1. The minimum Gasteiger partial charge on any atom is -0.304 e. The van der Waals surface area contributed by atoms with Crippen LogP contribution in [0.4, 0.5) is 11.5 Å². The average Bonchev–Trinajstić information content (AvgIpc) is 3.00. The number of nitrogens with zero attached hydrogens (tertiary/aromatic N) is 5. The fraction of sp³-hybridized carbons (Fsp3) is 0.312. The molecule has 1 aromatic carbocycles. The van der Waals surface area contributed by atoms with Crippen LogP contribution in [0, 0.1) is 0 Å². The van der Waals surface area contributed by atoms with Crippen LogP contribution < -0.4 is 10.6 Å². The number of piperazine rings is 1. The Labute approximate surface area is 138 Å². The van der Waals surface area contributed by atoms with Crippen molar-refractivity contribution in [2.45, 2.75) is 0 Å². The molecule has 3 aromatic rings. The molecule has 2 aromatic heterocycles. The molecule has 0 saturated carbocycles. The third kappa shape index (κ3) is 2.55. The number of aromatic nitrogens is 4. The second kappa shape index (κ2) is 6.06. The molecule has 2 N–H and O–H groups in total. The predicted molar refractivity (Wildman–Crippen MR) is 92.2 cm³/mol. The van der Waals surface area contributed by atoms with Crippen LogP contribution in [0.1, 0.15) is 0 Å². The zero-order valence-electron chi connectivity index (χ0n) is 13.4. The van der Waals surface area contributed by atoms with Gasteiger partial charge in [0, 0.05) is 26.2 Å². The molecule has 0 amide bonds. The summed E-state index contributed by atoms with van der Waals surface area (Å²) in [5.74, 6) is 0.596. The summed E-state index contributed by atoms with van der Waals surface area (Å²) in [5.41, 5.74) is 1.28. The number of hydrogen-bond donors (Lipinski definition) is 2. The fourth-order valence-electron chi connectivity index (χ4n) is 3.00. The smallest absolute Gasteiger partial charge is 0.277 e. The molecule has 4 rings (SSSR count). The molecule has 8 nitrogen and oxygen atoms in total. The highest BCUT2D eigenvalue weighted by Gasteiger charge is 2.26. The van der Waals surface area contributed by atoms with Gasteiger partial charge in [-0.05, 0) is 19.2 Å². The highest BCUT2D eigenvalue weighted by atomic mass is 16.1. The van der Waals surface area contributed by atoms with E-state index in [0.717, 1.165) is 31.9 Å². The summed E-state index contributed by atoms with van der Waals surface area (Å²) in [6.45, 7) is 3.64. The van der Waals surface area contributed by atoms with E-state index in [9.17, 15) is 4.79 Å². The number of anilines is 2. The van der Waals surface area contributed by atoms with E-state index in [4.69, 9.17) is 0 Å². The lowest BCUT2D eigenvalue weighted by Gasteiger charge is -2.40. The van der Waals surface area contributed by atoms with Gasteiger partial charge in [-0.1, -0.05) is 18.2 Å². The van der Waals surface area contributed by atoms with Gasteiger partial charge in [-0.25, -0.2) is 15.0 Å². The van der Waals surface area contributed by atoms with Crippen molar-refractivity contribution in [1.82, 2.24) is 30.1 Å². The van der Waals surface area contributed by atoms with E-state index in [0.29, 0.717) is 16.9 Å². The number of likely N-dealkylation sites (N-methyl/N-ethyl adjacent to an activating group) is 1. The lowest BCUT2D eigenvalue weighted by molar-refractivity contribution is 0.154. The van der Waals surface area contributed by atoms with Gasteiger partial charge >= 0.3 is 0 Å². The first kappa shape index (κ1) is 14.9. The number of hydrogen-bond acceptors (Lipinski definition) is 6. The van der Waals surface area contributed by atoms with Gasteiger partial charge in [-0.2, -0.15) is 0 Å². The Hall–Kier alpha value is -2.71. The van der Waals surface area contributed by atoms with Crippen molar-refractivity contribution >= 4 is 22.5 Å². The SMILES string of the molecule is CN1CCN(N(c2ccccc2)c2ncnc3[nH][nH]c(=O)c23)CC1. The second-order valence-corrected chi connectivity index (χ2v) is 5.90. The molecular formula is C16H19N7O. The summed E-state index contributed by atoms with van der Waals surface area (Å²) in [7, 11) is 2.12. The summed E-state index contributed by atoms with van der Waals surface area (Å²) >= 11 is 0. The Kier molecular flexibility index (Phi) is 3.75. The summed E-state index contributed by atoms with van der Waals surface area (Å²) < 4.78 is 0. The molecule has 1 fully saturated rings. The molecule has 1 saturated heterocycles. The molecule has 0 atom stereocenters. The predicted octanol–water partition coefficient (Wildman–Crippen LogP) is 0.947. The van der Waals surface area contributed by atoms with Crippen molar-refractivity contribution in [3.63, 3.8) is 0 Å². The van der Waals surface area contributed by atoms with Crippen LogP contribution in [-0.4, -0.2) is 63.3 Å². The Morgan fingerprint density at radius 1 is 1.04 bits per heavy atom.